The fraction of sp³-hybridized carbons (Fsp3) is 0.0769. The summed E-state index contributed by atoms with van der Waals surface area (Å²) in [5.41, 5.74) is 0.645. The van der Waals surface area contributed by atoms with Crippen molar-refractivity contribution in [2.45, 2.75) is 0 Å². The number of esters is 2. The summed E-state index contributed by atoms with van der Waals surface area (Å²) in [6.45, 7) is 0. The molecule has 0 spiro atoms. The number of methoxy groups -OCH3 is 2. The lowest BCUT2D eigenvalue weighted by atomic mass is 10.1. The van der Waals surface area contributed by atoms with E-state index in [1.807, 2.05) is 0 Å². The highest BCUT2D eigenvalue weighted by Gasteiger charge is 2.18. The summed E-state index contributed by atoms with van der Waals surface area (Å²) in [6, 6.07) is 16.8. The number of aromatic nitrogens is 2. The van der Waals surface area contributed by atoms with E-state index in [2.05, 4.69) is 4.98 Å². The van der Waals surface area contributed by atoms with Crippen LogP contribution >= 0.6 is 0 Å². The van der Waals surface area contributed by atoms with Gasteiger partial charge in [-0.25, -0.2) is 14.6 Å². The molecule has 3 aromatic carbocycles. The van der Waals surface area contributed by atoms with Crippen molar-refractivity contribution in [1.29, 1.82) is 0 Å². The molecule has 10 heteroatoms. The molecule has 1 heterocycles. The second kappa shape index (κ2) is 10.0. The van der Waals surface area contributed by atoms with E-state index in [0.29, 0.717) is 16.5 Å². The molecule has 36 heavy (non-hydrogen) atoms. The average Bonchev–Trinajstić information content (AvgIpc) is 2.90. The van der Waals surface area contributed by atoms with Gasteiger partial charge >= 0.3 is 11.9 Å². The minimum atomic E-state index is -0.711. The third-order valence-corrected chi connectivity index (χ3v) is 5.33. The van der Waals surface area contributed by atoms with Crippen molar-refractivity contribution in [3.63, 3.8) is 0 Å². The first-order chi connectivity index (χ1) is 17.3. The maximum Gasteiger partial charge on any atom is 0.337 e. The van der Waals surface area contributed by atoms with Gasteiger partial charge in [0.1, 0.15) is 5.82 Å². The van der Waals surface area contributed by atoms with E-state index in [4.69, 9.17) is 9.47 Å². The highest BCUT2D eigenvalue weighted by Crippen LogP contribution is 2.21. The maximum atomic E-state index is 13.6. The van der Waals surface area contributed by atoms with E-state index in [0.717, 1.165) is 0 Å². The summed E-state index contributed by atoms with van der Waals surface area (Å²) in [7, 11) is 2.40. The molecular weight excluding hydrogens is 466 g/mol. The molecule has 0 unspecified atom stereocenters. The third-order valence-electron chi connectivity index (χ3n) is 5.33. The molecule has 0 saturated carbocycles. The maximum absolute atomic E-state index is 13.6. The Morgan fingerprint density at radius 3 is 2.22 bits per heavy atom. The lowest BCUT2D eigenvalue weighted by Crippen LogP contribution is -2.23. The van der Waals surface area contributed by atoms with Gasteiger partial charge in [0.2, 0.25) is 0 Å². The molecule has 0 amide bonds. The number of nitro groups is 1. The van der Waals surface area contributed by atoms with Crippen molar-refractivity contribution in [2.24, 2.45) is 0 Å². The van der Waals surface area contributed by atoms with Crippen molar-refractivity contribution < 1.29 is 24.0 Å². The van der Waals surface area contributed by atoms with Crippen molar-refractivity contribution in [3.05, 3.63) is 110 Å². The van der Waals surface area contributed by atoms with Crippen LogP contribution in [-0.2, 0) is 9.47 Å². The van der Waals surface area contributed by atoms with Gasteiger partial charge in [0.25, 0.3) is 11.2 Å². The second-order valence-electron chi connectivity index (χ2n) is 7.56. The number of carbonyl (C=O) groups is 2. The van der Waals surface area contributed by atoms with Crippen LogP contribution in [0.15, 0.2) is 71.5 Å². The van der Waals surface area contributed by atoms with Crippen LogP contribution in [0, 0.1) is 10.1 Å². The van der Waals surface area contributed by atoms with Crippen LogP contribution in [0.3, 0.4) is 0 Å². The molecular formula is C26H19N3O7. The van der Waals surface area contributed by atoms with Gasteiger partial charge in [-0.15, -0.1) is 0 Å². The van der Waals surface area contributed by atoms with Gasteiger partial charge in [-0.1, -0.05) is 30.3 Å². The summed E-state index contributed by atoms with van der Waals surface area (Å²) in [5.74, 6) is -1.25. The largest absolute Gasteiger partial charge is 0.465 e. The Morgan fingerprint density at radius 2 is 1.58 bits per heavy atom. The zero-order chi connectivity index (χ0) is 25.8. The number of nitro benzene ring substituents is 1. The Morgan fingerprint density at radius 1 is 0.917 bits per heavy atom. The summed E-state index contributed by atoms with van der Waals surface area (Å²) < 4.78 is 10.8. The molecule has 0 fully saturated rings. The Labute approximate surface area is 204 Å². The molecule has 0 atom stereocenters. The number of fused-ring (bicyclic) bond motifs is 1. The lowest BCUT2D eigenvalue weighted by molar-refractivity contribution is -0.384. The summed E-state index contributed by atoms with van der Waals surface area (Å²) in [4.78, 5) is 53.4. The molecule has 0 N–H and O–H groups in total. The molecule has 1 aromatic heterocycles. The molecule has 4 rings (SSSR count). The number of ether oxygens (including phenoxy) is 2. The normalized spacial score (nSPS) is 10.9. The number of nitrogens with zero attached hydrogens (tertiary/aromatic N) is 3. The summed E-state index contributed by atoms with van der Waals surface area (Å²) in [6.07, 6.45) is 3.10. The Kier molecular flexibility index (Phi) is 6.68. The molecule has 0 bridgehead atoms. The number of hydrogen-bond donors (Lipinski definition) is 0. The monoisotopic (exact) mass is 485 g/mol. The first kappa shape index (κ1) is 24.0. The molecule has 10 nitrogen and oxygen atoms in total. The average molecular weight is 485 g/mol. The van der Waals surface area contributed by atoms with Crippen LogP contribution in [-0.4, -0.2) is 40.6 Å². The predicted octanol–water partition coefficient (Wildman–Crippen LogP) is 4.04. The zero-order valence-electron chi connectivity index (χ0n) is 19.2. The third kappa shape index (κ3) is 4.73. The molecule has 4 aromatic rings. The van der Waals surface area contributed by atoms with Crippen LogP contribution in [0.2, 0.25) is 0 Å². The highest BCUT2D eigenvalue weighted by atomic mass is 16.6. The van der Waals surface area contributed by atoms with Gasteiger partial charge in [0.15, 0.2) is 0 Å². The lowest BCUT2D eigenvalue weighted by Gasteiger charge is -2.14. The SMILES string of the molecule is COC(=O)c1cc(C(=O)OC)cc(-n2c(/C=C/c3cccc([N+](=O)[O-])c3)nc3ccccc3c2=O)c1. The number of non-ortho nitro benzene ring substituents is 1. The number of carbonyl (C=O) groups excluding carboxylic acids is 2. The number of rotatable bonds is 6. The molecule has 0 radical (unpaired) electrons. The summed E-state index contributed by atoms with van der Waals surface area (Å²) in [5, 5.41) is 11.4. The van der Waals surface area contributed by atoms with Gasteiger partial charge in [0, 0.05) is 12.1 Å². The van der Waals surface area contributed by atoms with Crippen LogP contribution in [0.4, 0.5) is 5.69 Å². The van der Waals surface area contributed by atoms with Gasteiger partial charge < -0.3 is 9.47 Å². The van der Waals surface area contributed by atoms with E-state index in [1.54, 1.807) is 42.5 Å². The van der Waals surface area contributed by atoms with E-state index in [-0.39, 0.29) is 28.3 Å². The number of para-hydroxylation sites is 1. The first-order valence-electron chi connectivity index (χ1n) is 10.6. The minimum absolute atomic E-state index is 0.0315. The quantitative estimate of drug-likeness (QED) is 0.227. The number of benzene rings is 3. The van der Waals surface area contributed by atoms with Crippen molar-refractivity contribution in [2.75, 3.05) is 14.2 Å². The fourth-order valence-electron chi connectivity index (χ4n) is 3.64. The fourth-order valence-corrected chi connectivity index (χ4v) is 3.64. The standard InChI is InChI=1S/C26H19N3O7/c1-35-25(31)17-13-18(26(32)36-2)15-20(14-17)28-23(27-22-9-4-3-8-21(22)24(28)30)11-10-16-6-5-7-19(12-16)29(33)34/h3-15H,1-2H3/b11-10+. The second-order valence-corrected chi connectivity index (χ2v) is 7.56. The topological polar surface area (TPSA) is 131 Å². The van der Waals surface area contributed by atoms with Gasteiger partial charge in [0.05, 0.1) is 46.9 Å². The molecule has 180 valence electrons. The van der Waals surface area contributed by atoms with Crippen molar-refractivity contribution in [1.82, 2.24) is 9.55 Å². The predicted molar refractivity (Wildman–Crippen MR) is 132 cm³/mol. The molecule has 0 aliphatic carbocycles. The van der Waals surface area contributed by atoms with Crippen LogP contribution in [0.1, 0.15) is 32.1 Å². The highest BCUT2D eigenvalue weighted by molar-refractivity contribution is 5.96. The van der Waals surface area contributed by atoms with Gasteiger partial charge in [-0.3, -0.25) is 19.5 Å². The molecule has 0 aliphatic heterocycles. The van der Waals surface area contributed by atoms with E-state index in [1.165, 1.54) is 55.2 Å². The van der Waals surface area contributed by atoms with E-state index in [9.17, 15) is 24.5 Å². The first-order valence-corrected chi connectivity index (χ1v) is 10.6. The minimum Gasteiger partial charge on any atom is -0.465 e. The van der Waals surface area contributed by atoms with Crippen molar-refractivity contribution in [3.8, 4) is 5.69 Å². The number of hydrogen-bond acceptors (Lipinski definition) is 8. The van der Waals surface area contributed by atoms with E-state index >= 15 is 0 Å². The van der Waals surface area contributed by atoms with Crippen molar-refractivity contribution >= 4 is 40.7 Å². The van der Waals surface area contributed by atoms with Crippen LogP contribution < -0.4 is 5.56 Å². The van der Waals surface area contributed by atoms with Gasteiger partial charge in [-0.05, 0) is 42.0 Å². The zero-order valence-corrected chi connectivity index (χ0v) is 19.2. The Balaban J connectivity index is 1.98. The Bertz CT molecular complexity index is 1570. The molecule has 0 saturated heterocycles. The van der Waals surface area contributed by atoms with Crippen LogP contribution in [0.25, 0.3) is 28.7 Å². The van der Waals surface area contributed by atoms with E-state index < -0.39 is 22.4 Å². The smallest absolute Gasteiger partial charge is 0.337 e. The Hall–Kier alpha value is -5.12. The molecule has 0 aliphatic rings. The van der Waals surface area contributed by atoms with Crippen LogP contribution in [0.5, 0.6) is 0 Å². The summed E-state index contributed by atoms with van der Waals surface area (Å²) >= 11 is 0. The van der Waals surface area contributed by atoms with Gasteiger partial charge in [-0.2, -0.15) is 0 Å².